The minimum Gasteiger partial charge on any atom is -0.494 e. The number of carbonyl (C=O) groups is 3. The van der Waals surface area contributed by atoms with Crippen LogP contribution in [-0.4, -0.2) is 184 Å². The van der Waals surface area contributed by atoms with Crippen molar-refractivity contribution in [3.05, 3.63) is 284 Å². The summed E-state index contributed by atoms with van der Waals surface area (Å²) in [5.41, 5.74) is 11.3. The maximum Gasteiger partial charge on any atom is 0.328 e. The number of methoxy groups -OCH3 is 8. The molecule has 0 spiro atoms. The largest absolute Gasteiger partial charge is 0.494 e. The molecule has 3 aliphatic rings. The van der Waals surface area contributed by atoms with E-state index in [0.29, 0.717) is 120 Å². The maximum absolute atomic E-state index is 13.8. The first-order chi connectivity index (χ1) is 62.5. The van der Waals surface area contributed by atoms with Gasteiger partial charge >= 0.3 is 5.97 Å². The molecule has 3 fully saturated rings. The van der Waals surface area contributed by atoms with Gasteiger partial charge in [-0.3, -0.25) is 24.0 Å². The minimum absolute atomic E-state index is 0.0818. The average Bonchev–Trinajstić information content (AvgIpc) is 0.765. The molecule has 16 rings (SSSR count). The number of carbonyl (C=O) groups excluding carboxylic acids is 2. The van der Waals surface area contributed by atoms with Crippen LogP contribution >= 0.6 is 39.1 Å². The van der Waals surface area contributed by atoms with E-state index in [1.807, 2.05) is 0 Å². The fraction of sp³-hybridized carbons (Fsp3) is 0.222. The van der Waals surface area contributed by atoms with E-state index in [2.05, 4.69) is 70.3 Å². The number of aromatic amines is 3. The molecule has 4 N–H and O–H groups in total. The van der Waals surface area contributed by atoms with E-state index in [0.717, 1.165) is 85.3 Å². The van der Waals surface area contributed by atoms with Gasteiger partial charge in [-0.25, -0.2) is 49.9 Å². The van der Waals surface area contributed by atoms with Crippen LogP contribution in [0.3, 0.4) is 0 Å². The van der Waals surface area contributed by atoms with Gasteiger partial charge in [0.2, 0.25) is 5.91 Å². The van der Waals surface area contributed by atoms with Gasteiger partial charge in [-0.1, -0.05) is 41.4 Å². The van der Waals surface area contributed by atoms with Crippen molar-refractivity contribution in [2.75, 3.05) is 150 Å². The Bertz CT molecular complexity index is 6410. The summed E-state index contributed by atoms with van der Waals surface area (Å²) in [7, 11) is 11.1. The van der Waals surface area contributed by atoms with Gasteiger partial charge < -0.3 is 86.9 Å². The van der Waals surface area contributed by atoms with Crippen LogP contribution in [0.1, 0.15) is 21.5 Å². The van der Waals surface area contributed by atoms with Gasteiger partial charge in [-0.2, -0.15) is 0 Å². The molecule has 0 unspecified atom stereocenters. The number of rotatable bonds is 16. The summed E-state index contributed by atoms with van der Waals surface area (Å²) in [4.78, 5) is 90.5. The number of aromatic nitrogens is 5. The number of benzene rings is 8. The Morgan fingerprint density at radius 2 is 0.762 bits per heavy atom. The number of amides is 1. The third-order valence-electron chi connectivity index (χ3n) is 19.2. The molecule has 0 radical (unpaired) electrons. The number of azide groups is 1. The zero-order chi connectivity index (χ0) is 94.3. The number of hydrogen-bond acceptors (Lipinski definition) is 22. The van der Waals surface area contributed by atoms with Crippen LogP contribution in [-0.2, 0) is 23.8 Å². The number of aliphatic carboxylic acids is 1. The number of ether oxygens (including phenoxy) is 11. The van der Waals surface area contributed by atoms with Gasteiger partial charge in [0.25, 0.3) is 16.7 Å². The lowest BCUT2D eigenvalue weighted by Gasteiger charge is -2.29. The maximum atomic E-state index is 13.8. The van der Waals surface area contributed by atoms with Crippen LogP contribution in [0.15, 0.2) is 188 Å². The van der Waals surface area contributed by atoms with E-state index >= 15 is 0 Å². The number of anilines is 3. The first-order valence-electron chi connectivity index (χ1n) is 38.6. The fourth-order valence-corrected chi connectivity index (χ4v) is 13.6. The molecule has 40 heteroatoms. The Kier molecular flexibility index (Phi) is 37.4. The Labute approximate surface area is 753 Å². The highest BCUT2D eigenvalue weighted by atomic mass is 79.9. The number of H-pyrrole nitrogens is 3. The van der Waals surface area contributed by atoms with Crippen molar-refractivity contribution < 1.29 is 107 Å². The molecule has 13 aromatic rings. The molecular formula is C90H82BrCl2F8N11O18. The van der Waals surface area contributed by atoms with E-state index in [9.17, 15) is 63.9 Å². The summed E-state index contributed by atoms with van der Waals surface area (Å²) in [6.45, 7) is 8.53. The summed E-state index contributed by atoms with van der Waals surface area (Å²) in [5.74, 6) is -4.61. The zero-order valence-corrected chi connectivity index (χ0v) is 73.5. The number of carboxylic acid groups (broad SMARTS) is 1. The number of morpholine rings is 3. The molecule has 1 amide bonds. The molecule has 0 atom stereocenters. The van der Waals surface area contributed by atoms with Crippen molar-refractivity contribution in [3.63, 3.8) is 0 Å². The molecule has 682 valence electrons. The van der Waals surface area contributed by atoms with Crippen molar-refractivity contribution in [2.45, 2.75) is 0 Å². The molecular weight excluding hydrogens is 1830 g/mol. The molecule has 130 heavy (non-hydrogen) atoms. The van der Waals surface area contributed by atoms with E-state index in [1.54, 1.807) is 42.9 Å². The Morgan fingerprint density at radius 1 is 0.431 bits per heavy atom. The number of carboxylic acids is 1. The topological polar surface area (TPSA) is 356 Å². The number of pyridine rings is 5. The smallest absolute Gasteiger partial charge is 0.328 e. The SMILES string of the molecule is COc1cc(/C=C/C(=O)N=[N+]=[N-])ccc1F.COc1cc(/C=C/C(=O)O)ccc1F.COc1cc(C=O)ccc1F.COc1cc2c(Br)c[nH]c(=O)c2cc1F.COc1cc2c(N3CCOCC3)c[nH]c(=O)c2cc1F.COc1cc2c(N3CCOCC3)cnc(Cl)c2cc1F.COc1cc2c(N3CCOCC3)cnc(Cl)c2cc1F.COc1cc2cc[nH]c(=O)c2cc1F. The summed E-state index contributed by atoms with van der Waals surface area (Å²) < 4.78 is 162. The second kappa shape index (κ2) is 48.8. The second-order valence-electron chi connectivity index (χ2n) is 27.0. The molecule has 8 aromatic carbocycles. The fourth-order valence-electron chi connectivity index (χ4n) is 12.7. The number of aldehydes is 1. The van der Waals surface area contributed by atoms with Gasteiger partial charge in [0, 0.05) is 111 Å². The van der Waals surface area contributed by atoms with Gasteiger partial charge in [0.1, 0.15) is 16.6 Å². The summed E-state index contributed by atoms with van der Waals surface area (Å²) >= 11 is 15.4. The zero-order valence-electron chi connectivity index (χ0n) is 70.4. The number of hydrogen-bond donors (Lipinski definition) is 4. The van der Waals surface area contributed by atoms with E-state index in [4.69, 9.17) is 81.2 Å². The van der Waals surface area contributed by atoms with Crippen molar-refractivity contribution in [3.8, 4) is 46.0 Å². The van der Waals surface area contributed by atoms with Crippen LogP contribution < -0.4 is 69.3 Å². The third-order valence-corrected chi connectivity index (χ3v) is 20.5. The van der Waals surface area contributed by atoms with Crippen molar-refractivity contribution in [1.82, 2.24) is 24.9 Å². The lowest BCUT2D eigenvalue weighted by molar-refractivity contribution is -0.131. The van der Waals surface area contributed by atoms with E-state index < -0.39 is 58.4 Å². The van der Waals surface area contributed by atoms with E-state index in [-0.39, 0.29) is 62.7 Å². The van der Waals surface area contributed by atoms with Gasteiger partial charge in [0.15, 0.2) is 92.5 Å². The lowest BCUT2D eigenvalue weighted by atomic mass is 10.1. The molecule has 29 nitrogen and oxygen atoms in total. The summed E-state index contributed by atoms with van der Waals surface area (Å²) in [5, 5.41) is 17.6. The minimum atomic E-state index is -1.05. The quantitative estimate of drug-likeness (QED) is 0.0133. The molecule has 3 aliphatic heterocycles. The highest BCUT2D eigenvalue weighted by Crippen LogP contribution is 2.39. The normalized spacial score (nSPS) is 12.7. The van der Waals surface area contributed by atoms with Crippen LogP contribution in [0.5, 0.6) is 46.0 Å². The van der Waals surface area contributed by atoms with Crippen molar-refractivity contribution in [2.24, 2.45) is 5.11 Å². The molecule has 5 aromatic heterocycles. The highest BCUT2D eigenvalue weighted by molar-refractivity contribution is 9.10. The third kappa shape index (κ3) is 26.6. The van der Waals surface area contributed by atoms with Crippen molar-refractivity contribution >= 4 is 140 Å². The van der Waals surface area contributed by atoms with Crippen LogP contribution in [0.25, 0.3) is 76.5 Å². The van der Waals surface area contributed by atoms with Crippen LogP contribution in [0, 0.1) is 46.5 Å². The summed E-state index contributed by atoms with van der Waals surface area (Å²) in [6, 6.07) is 28.1. The van der Waals surface area contributed by atoms with Crippen LogP contribution in [0.2, 0.25) is 10.3 Å². The number of halogens is 11. The molecule has 0 aliphatic carbocycles. The Balaban J connectivity index is 0.000000169. The number of nitrogens with zero attached hydrogens (tertiary/aromatic N) is 8. The van der Waals surface area contributed by atoms with Gasteiger partial charge in [-0.05, 0) is 164 Å². The van der Waals surface area contributed by atoms with Gasteiger partial charge in [0.05, 0.1) is 142 Å². The van der Waals surface area contributed by atoms with E-state index in [1.165, 1.54) is 172 Å². The predicted molar refractivity (Wildman–Crippen MR) is 481 cm³/mol. The Hall–Kier alpha value is -14.0. The molecule has 3 saturated heterocycles. The number of fused-ring (bicyclic) bond motifs is 5. The first kappa shape index (κ1) is 99.8. The standard InChI is InChI=1S/2C14H14ClFN2O2.C14H15FN2O3.C10H7BrFNO2.C10H8FN3O2.C10H8FNO2.C10H9FO3.C8H7FO2/c2*1-19-13-7-9-10(6-11(13)16)14(15)17-8-12(9)18-2-4-20-5-3-18;1-19-13-7-9-10(6-11(13)15)14(18)16-8-12(9)17-2-4-20-5-3-17;1-15-9-3-5-6(2-8(9)12)10(14)13-4-7(5)11;1-16-9-6-7(2-4-8(9)11)3-5-10(15)13-14-12;1-14-9-4-6-2-3-12-10(13)7(6)5-8(9)11;1-14-9-6-7(2-4-8(9)11)3-5-10(12)13;1-11-8-4-6(5-10)2-3-7(8)9/h2*6-8H,2-5H2,1H3;6-8H,2-5H2,1H3,(H,16,18);2-4H,1H3,(H,13,14);2-6H,1H3;2-5H,1H3,(H,12,13);2-6H,1H3,(H,12,13);2-5H,1H3/b;;;;5-3+;;5-3+;. The predicted octanol–water partition coefficient (Wildman–Crippen LogP) is 17.6. The highest BCUT2D eigenvalue weighted by Gasteiger charge is 2.23. The average molecular weight is 1910 g/mol. The second-order valence-corrected chi connectivity index (χ2v) is 28.5. The monoisotopic (exact) mass is 1910 g/mol. The van der Waals surface area contributed by atoms with Crippen LogP contribution in [0.4, 0.5) is 52.2 Å². The molecule has 8 heterocycles. The van der Waals surface area contributed by atoms with Crippen molar-refractivity contribution in [1.29, 1.82) is 0 Å². The molecule has 0 bridgehead atoms. The first-order valence-corrected chi connectivity index (χ1v) is 40.1. The number of nitrogens with one attached hydrogen (secondary N) is 3. The molecule has 0 saturated carbocycles. The van der Waals surface area contributed by atoms with Gasteiger partial charge in [-0.15, -0.1) is 0 Å². The lowest BCUT2D eigenvalue weighted by Crippen LogP contribution is -2.36. The Morgan fingerprint density at radius 3 is 1.16 bits per heavy atom. The summed E-state index contributed by atoms with van der Waals surface area (Å²) in [6.07, 6.45) is 13.6.